The number of anilines is 2. The van der Waals surface area contributed by atoms with E-state index in [2.05, 4.69) is 10.0 Å². The van der Waals surface area contributed by atoms with Crippen molar-refractivity contribution in [1.29, 1.82) is 0 Å². The van der Waals surface area contributed by atoms with Gasteiger partial charge in [-0.2, -0.15) is 11.8 Å². The van der Waals surface area contributed by atoms with Crippen molar-refractivity contribution in [3.8, 4) is 0 Å². The summed E-state index contributed by atoms with van der Waals surface area (Å²) in [6.45, 7) is 1.94. The van der Waals surface area contributed by atoms with Crippen LogP contribution < -0.4 is 10.0 Å². The summed E-state index contributed by atoms with van der Waals surface area (Å²) in [5, 5.41) is 3.50. The van der Waals surface area contributed by atoms with E-state index in [0.29, 0.717) is 23.0 Å². The van der Waals surface area contributed by atoms with Crippen LogP contribution in [0.4, 0.5) is 11.4 Å². The number of benzene rings is 2. The van der Waals surface area contributed by atoms with Crippen molar-refractivity contribution in [2.45, 2.75) is 55.6 Å². The zero-order chi connectivity index (χ0) is 20.7. The van der Waals surface area contributed by atoms with Crippen LogP contribution in [0.3, 0.4) is 0 Å². The third-order valence-electron chi connectivity index (χ3n) is 4.97. The van der Waals surface area contributed by atoms with Crippen molar-refractivity contribution in [3.63, 3.8) is 0 Å². The molecular weight excluding hydrogens is 404 g/mol. The molecule has 1 saturated carbocycles. The van der Waals surface area contributed by atoms with Crippen LogP contribution in [-0.4, -0.2) is 25.3 Å². The molecule has 0 atom stereocenters. The number of thioether (sulfide) groups is 1. The minimum atomic E-state index is -3.72. The Hall–Kier alpha value is -1.99. The second-order valence-electron chi connectivity index (χ2n) is 7.43. The molecule has 7 heteroatoms. The molecule has 1 fully saturated rings. The Morgan fingerprint density at radius 3 is 2.48 bits per heavy atom. The molecular formula is C22H28N2O3S2. The summed E-state index contributed by atoms with van der Waals surface area (Å²) in [5.41, 5.74) is 2.05. The van der Waals surface area contributed by atoms with Crippen LogP contribution in [0.15, 0.2) is 53.4 Å². The first-order valence-electron chi connectivity index (χ1n) is 10.0. The zero-order valence-electron chi connectivity index (χ0n) is 16.7. The van der Waals surface area contributed by atoms with Crippen LogP contribution in [0.5, 0.6) is 0 Å². The van der Waals surface area contributed by atoms with Crippen LogP contribution in [-0.2, 0) is 14.8 Å². The molecule has 2 aromatic carbocycles. The van der Waals surface area contributed by atoms with Gasteiger partial charge in [0.1, 0.15) is 0 Å². The highest BCUT2D eigenvalue weighted by atomic mass is 32.2. The Bertz CT molecular complexity index is 921. The number of sulfonamides is 1. The maximum absolute atomic E-state index is 12.6. The Morgan fingerprint density at radius 2 is 1.76 bits per heavy atom. The van der Waals surface area contributed by atoms with Gasteiger partial charge in [0, 0.05) is 28.8 Å². The van der Waals surface area contributed by atoms with Gasteiger partial charge in [0.15, 0.2) is 0 Å². The van der Waals surface area contributed by atoms with Gasteiger partial charge in [-0.05, 0) is 50.1 Å². The van der Waals surface area contributed by atoms with E-state index >= 15 is 0 Å². The Balaban J connectivity index is 1.55. The average molecular weight is 433 g/mol. The van der Waals surface area contributed by atoms with E-state index in [4.69, 9.17) is 0 Å². The summed E-state index contributed by atoms with van der Waals surface area (Å²) in [7, 11) is -3.72. The van der Waals surface area contributed by atoms with Crippen LogP contribution in [0.25, 0.3) is 0 Å². The lowest BCUT2D eigenvalue weighted by molar-refractivity contribution is -0.115. The van der Waals surface area contributed by atoms with Crippen molar-refractivity contribution in [3.05, 3.63) is 54.1 Å². The number of carbonyl (C=O) groups is 1. The first-order chi connectivity index (χ1) is 13.9. The molecule has 0 heterocycles. The predicted octanol–water partition coefficient (Wildman–Crippen LogP) is 5.19. The fraction of sp³-hybridized carbons (Fsp3) is 0.409. The van der Waals surface area contributed by atoms with Gasteiger partial charge in [-0.25, -0.2) is 8.42 Å². The number of nitrogens with one attached hydrogen (secondary N) is 2. The van der Waals surface area contributed by atoms with Crippen LogP contribution in [0.2, 0.25) is 0 Å². The lowest BCUT2D eigenvalue weighted by Crippen LogP contribution is -2.16. The molecule has 0 aliphatic heterocycles. The van der Waals surface area contributed by atoms with Gasteiger partial charge < -0.3 is 5.32 Å². The van der Waals surface area contributed by atoms with Crippen molar-refractivity contribution >= 4 is 39.1 Å². The molecule has 0 radical (unpaired) electrons. The summed E-state index contributed by atoms with van der Waals surface area (Å²) in [6.07, 6.45) is 6.85. The van der Waals surface area contributed by atoms with Crippen LogP contribution >= 0.6 is 11.8 Å². The van der Waals surface area contributed by atoms with Gasteiger partial charge in [0.25, 0.3) is 10.0 Å². The minimum absolute atomic E-state index is 0.0886. The maximum Gasteiger partial charge on any atom is 0.261 e. The third kappa shape index (κ3) is 6.78. The third-order valence-corrected chi connectivity index (χ3v) is 7.73. The van der Waals surface area contributed by atoms with Crippen molar-refractivity contribution in [2.24, 2.45) is 0 Å². The zero-order valence-corrected chi connectivity index (χ0v) is 18.3. The molecule has 0 aromatic heterocycles. The number of aryl methyl sites for hydroxylation is 1. The second-order valence-corrected chi connectivity index (χ2v) is 10.5. The van der Waals surface area contributed by atoms with E-state index in [1.54, 1.807) is 24.3 Å². The standard InChI is InChI=1S/C22H28N2O3S2/c1-17-10-12-18(13-11-17)24-29(26,27)21-9-5-6-19(16-21)23-22(25)14-15-28-20-7-3-2-4-8-20/h5-6,9-13,16,20,24H,2-4,7-8,14-15H2,1H3,(H,23,25). The lowest BCUT2D eigenvalue weighted by atomic mass is 10.0. The van der Waals surface area contributed by atoms with E-state index in [1.807, 2.05) is 30.8 Å². The smallest absolute Gasteiger partial charge is 0.261 e. The van der Waals surface area contributed by atoms with Gasteiger partial charge in [-0.3, -0.25) is 9.52 Å². The summed E-state index contributed by atoms with van der Waals surface area (Å²) in [4.78, 5) is 12.4. The van der Waals surface area contributed by atoms with E-state index in [0.717, 1.165) is 11.3 Å². The summed E-state index contributed by atoms with van der Waals surface area (Å²) in [6, 6.07) is 13.5. The topological polar surface area (TPSA) is 75.3 Å². The predicted molar refractivity (Wildman–Crippen MR) is 121 cm³/mol. The van der Waals surface area contributed by atoms with Gasteiger partial charge in [-0.1, -0.05) is 43.0 Å². The van der Waals surface area contributed by atoms with Crippen LogP contribution in [0, 0.1) is 6.92 Å². The summed E-state index contributed by atoms with van der Waals surface area (Å²) >= 11 is 1.88. The summed E-state index contributed by atoms with van der Waals surface area (Å²) < 4.78 is 27.9. The van der Waals surface area contributed by atoms with Gasteiger partial charge in [0.05, 0.1) is 4.90 Å². The normalized spacial score (nSPS) is 15.1. The quantitative estimate of drug-likeness (QED) is 0.602. The average Bonchev–Trinajstić information content (AvgIpc) is 2.71. The fourth-order valence-electron chi connectivity index (χ4n) is 3.35. The lowest BCUT2D eigenvalue weighted by Gasteiger charge is -2.20. The summed E-state index contributed by atoms with van der Waals surface area (Å²) in [5.74, 6) is 0.707. The molecule has 0 spiro atoms. The monoisotopic (exact) mass is 432 g/mol. The molecule has 1 amide bonds. The van der Waals surface area contributed by atoms with Gasteiger partial charge >= 0.3 is 0 Å². The second kappa shape index (κ2) is 10.2. The van der Waals surface area contributed by atoms with E-state index in [9.17, 15) is 13.2 Å². The Kier molecular flexibility index (Phi) is 7.61. The number of carbonyl (C=O) groups excluding carboxylic acids is 1. The number of rotatable bonds is 8. The van der Waals surface area contributed by atoms with Crippen molar-refractivity contribution in [1.82, 2.24) is 0 Å². The Labute approximate surface area is 177 Å². The highest BCUT2D eigenvalue weighted by Gasteiger charge is 2.16. The van der Waals surface area contributed by atoms with Gasteiger partial charge in [-0.15, -0.1) is 0 Å². The molecule has 2 N–H and O–H groups in total. The maximum atomic E-state index is 12.6. The van der Waals surface area contributed by atoms with Crippen molar-refractivity contribution in [2.75, 3.05) is 15.8 Å². The largest absolute Gasteiger partial charge is 0.326 e. The van der Waals surface area contributed by atoms with Crippen molar-refractivity contribution < 1.29 is 13.2 Å². The SMILES string of the molecule is Cc1ccc(NS(=O)(=O)c2cccc(NC(=O)CCSC3CCCCC3)c2)cc1. The molecule has 0 saturated heterocycles. The molecule has 156 valence electrons. The highest BCUT2D eigenvalue weighted by Crippen LogP contribution is 2.28. The highest BCUT2D eigenvalue weighted by molar-refractivity contribution is 7.99. The van der Waals surface area contributed by atoms with Gasteiger partial charge in [0.2, 0.25) is 5.91 Å². The molecule has 0 unspecified atom stereocenters. The fourth-order valence-corrected chi connectivity index (χ4v) is 5.76. The molecule has 29 heavy (non-hydrogen) atoms. The van der Waals surface area contributed by atoms with E-state index in [-0.39, 0.29) is 10.8 Å². The minimum Gasteiger partial charge on any atom is -0.326 e. The first kappa shape index (κ1) is 21.7. The first-order valence-corrected chi connectivity index (χ1v) is 12.6. The number of amides is 1. The number of hydrogen-bond donors (Lipinski definition) is 2. The molecule has 2 aromatic rings. The van der Waals surface area contributed by atoms with E-state index < -0.39 is 10.0 Å². The Morgan fingerprint density at radius 1 is 1.03 bits per heavy atom. The molecule has 0 bridgehead atoms. The molecule has 1 aliphatic carbocycles. The molecule has 1 aliphatic rings. The molecule has 3 rings (SSSR count). The van der Waals surface area contributed by atoms with Crippen LogP contribution in [0.1, 0.15) is 44.1 Å². The number of hydrogen-bond acceptors (Lipinski definition) is 4. The molecule has 5 nitrogen and oxygen atoms in total. The van der Waals surface area contributed by atoms with E-state index in [1.165, 1.54) is 44.2 Å².